The van der Waals surface area contributed by atoms with Gasteiger partial charge in [0.05, 0.1) is 5.92 Å². The molecule has 2 rings (SSSR count). The zero-order valence-corrected chi connectivity index (χ0v) is 7.73. The number of aliphatic carboxylic acids is 1. The average Bonchev–Trinajstić information content (AvgIpc) is 2.16. The molecule has 0 saturated carbocycles. The summed E-state index contributed by atoms with van der Waals surface area (Å²) in [6.45, 7) is 0. The summed E-state index contributed by atoms with van der Waals surface area (Å²) < 4.78 is 0. The third-order valence-electron chi connectivity index (χ3n) is 2.74. The zero-order valence-electron chi connectivity index (χ0n) is 7.73. The average molecular weight is 192 g/mol. The van der Waals surface area contributed by atoms with Crippen molar-refractivity contribution in [2.24, 2.45) is 0 Å². The quantitative estimate of drug-likeness (QED) is 0.714. The number of carboxylic acids is 1. The summed E-state index contributed by atoms with van der Waals surface area (Å²) in [5.74, 6) is -0.939. The number of hydrogen-bond acceptors (Lipinski definition) is 2. The fraction of sp³-hybridized carbons (Fsp3) is 0.364. The smallest absolute Gasteiger partial charge is 0.310 e. The highest BCUT2D eigenvalue weighted by molar-refractivity contribution is 5.77. The SMILES string of the molecule is O=C(O)[C@H]1CCCc2cc(O)ccc21. The Morgan fingerprint density at radius 3 is 2.93 bits per heavy atom. The number of carboxylic acid groups (broad SMARTS) is 1. The second-order valence-corrected chi connectivity index (χ2v) is 3.67. The van der Waals surface area contributed by atoms with Crippen LogP contribution in [0.3, 0.4) is 0 Å². The summed E-state index contributed by atoms with van der Waals surface area (Å²) in [4.78, 5) is 10.9. The van der Waals surface area contributed by atoms with E-state index in [2.05, 4.69) is 0 Å². The molecule has 0 fully saturated rings. The number of phenols is 1. The lowest BCUT2D eigenvalue weighted by molar-refractivity contribution is -0.139. The first-order valence-corrected chi connectivity index (χ1v) is 4.73. The monoisotopic (exact) mass is 192 g/mol. The normalized spacial score (nSPS) is 20.1. The Balaban J connectivity index is 2.44. The van der Waals surface area contributed by atoms with Gasteiger partial charge in [-0.15, -0.1) is 0 Å². The molecule has 0 aromatic heterocycles. The molecule has 1 atom stereocenters. The summed E-state index contributed by atoms with van der Waals surface area (Å²) >= 11 is 0. The minimum absolute atomic E-state index is 0.217. The van der Waals surface area contributed by atoms with Gasteiger partial charge < -0.3 is 10.2 Å². The minimum Gasteiger partial charge on any atom is -0.508 e. The largest absolute Gasteiger partial charge is 0.508 e. The van der Waals surface area contributed by atoms with Crippen molar-refractivity contribution >= 4 is 5.97 Å². The summed E-state index contributed by atoms with van der Waals surface area (Å²) in [5, 5.41) is 18.3. The fourth-order valence-corrected chi connectivity index (χ4v) is 2.06. The van der Waals surface area contributed by atoms with Gasteiger partial charge in [-0.05, 0) is 42.5 Å². The van der Waals surface area contributed by atoms with E-state index in [0.717, 1.165) is 24.0 Å². The molecule has 74 valence electrons. The summed E-state index contributed by atoms with van der Waals surface area (Å²) in [6.07, 6.45) is 2.45. The van der Waals surface area contributed by atoms with Crippen molar-refractivity contribution in [2.45, 2.75) is 25.2 Å². The molecule has 1 aromatic carbocycles. The molecule has 0 aliphatic heterocycles. The first-order chi connectivity index (χ1) is 6.68. The molecular weight excluding hydrogens is 180 g/mol. The predicted molar refractivity (Wildman–Crippen MR) is 51.4 cm³/mol. The van der Waals surface area contributed by atoms with Crippen molar-refractivity contribution in [3.63, 3.8) is 0 Å². The van der Waals surface area contributed by atoms with E-state index in [1.807, 2.05) is 0 Å². The summed E-state index contributed by atoms with van der Waals surface area (Å²) in [6, 6.07) is 4.95. The van der Waals surface area contributed by atoms with E-state index in [4.69, 9.17) is 5.11 Å². The molecule has 14 heavy (non-hydrogen) atoms. The van der Waals surface area contributed by atoms with Gasteiger partial charge in [-0.1, -0.05) is 6.07 Å². The third kappa shape index (κ3) is 1.45. The van der Waals surface area contributed by atoms with Gasteiger partial charge >= 0.3 is 5.97 Å². The van der Waals surface area contributed by atoms with Crippen LogP contribution < -0.4 is 0 Å². The maximum Gasteiger partial charge on any atom is 0.310 e. The van der Waals surface area contributed by atoms with Gasteiger partial charge in [-0.25, -0.2) is 0 Å². The highest BCUT2D eigenvalue weighted by Crippen LogP contribution is 2.33. The number of fused-ring (bicyclic) bond motifs is 1. The Labute approximate surface area is 82.0 Å². The van der Waals surface area contributed by atoms with Crippen LogP contribution in [-0.4, -0.2) is 16.2 Å². The van der Waals surface area contributed by atoms with Crippen molar-refractivity contribution in [3.05, 3.63) is 29.3 Å². The Hall–Kier alpha value is -1.51. The Morgan fingerprint density at radius 1 is 1.43 bits per heavy atom. The molecular formula is C11H12O3. The number of phenolic OH excluding ortho intramolecular Hbond substituents is 1. The first kappa shape index (κ1) is 9.06. The van der Waals surface area contributed by atoms with Crippen molar-refractivity contribution in [1.82, 2.24) is 0 Å². The number of carbonyl (C=O) groups is 1. The molecule has 0 heterocycles. The van der Waals surface area contributed by atoms with E-state index in [1.165, 1.54) is 0 Å². The second-order valence-electron chi connectivity index (χ2n) is 3.67. The van der Waals surface area contributed by atoms with E-state index in [9.17, 15) is 9.90 Å². The molecule has 0 spiro atoms. The van der Waals surface area contributed by atoms with E-state index in [-0.39, 0.29) is 11.7 Å². The van der Waals surface area contributed by atoms with Crippen LogP contribution in [0.25, 0.3) is 0 Å². The van der Waals surface area contributed by atoms with Crippen molar-refractivity contribution < 1.29 is 15.0 Å². The molecule has 1 aromatic rings. The van der Waals surface area contributed by atoms with Crippen LogP contribution in [0.15, 0.2) is 18.2 Å². The Morgan fingerprint density at radius 2 is 2.21 bits per heavy atom. The standard InChI is InChI=1S/C11H12O3/c12-8-4-5-9-7(6-8)2-1-3-10(9)11(13)14/h4-6,10,12H,1-3H2,(H,13,14)/t10-/m0/s1. The number of aromatic hydroxyl groups is 1. The van der Waals surface area contributed by atoms with Crippen LogP contribution >= 0.6 is 0 Å². The van der Waals surface area contributed by atoms with E-state index in [0.29, 0.717) is 6.42 Å². The molecule has 2 N–H and O–H groups in total. The fourth-order valence-electron chi connectivity index (χ4n) is 2.06. The Kier molecular flexibility index (Phi) is 2.15. The van der Waals surface area contributed by atoms with Gasteiger partial charge in [0.2, 0.25) is 0 Å². The van der Waals surface area contributed by atoms with Gasteiger partial charge in [-0.2, -0.15) is 0 Å². The predicted octanol–water partition coefficient (Wildman–Crippen LogP) is 1.90. The number of benzene rings is 1. The number of aryl methyl sites for hydroxylation is 1. The molecule has 3 heteroatoms. The van der Waals surface area contributed by atoms with E-state index >= 15 is 0 Å². The van der Waals surface area contributed by atoms with E-state index < -0.39 is 5.97 Å². The lowest BCUT2D eigenvalue weighted by Crippen LogP contribution is -2.17. The lowest BCUT2D eigenvalue weighted by atomic mass is 9.83. The second kappa shape index (κ2) is 3.33. The summed E-state index contributed by atoms with van der Waals surface area (Å²) in [7, 11) is 0. The third-order valence-corrected chi connectivity index (χ3v) is 2.74. The van der Waals surface area contributed by atoms with E-state index in [1.54, 1.807) is 18.2 Å². The molecule has 1 aliphatic rings. The van der Waals surface area contributed by atoms with Crippen molar-refractivity contribution in [3.8, 4) is 5.75 Å². The molecule has 0 bridgehead atoms. The first-order valence-electron chi connectivity index (χ1n) is 4.73. The maximum atomic E-state index is 10.9. The van der Waals surface area contributed by atoms with Crippen LogP contribution in [0.1, 0.15) is 29.9 Å². The summed E-state index contributed by atoms with van der Waals surface area (Å²) in [5.41, 5.74) is 1.84. The molecule has 0 amide bonds. The van der Waals surface area contributed by atoms with Gasteiger partial charge in [0.25, 0.3) is 0 Å². The highest BCUT2D eigenvalue weighted by Gasteiger charge is 2.25. The molecule has 0 radical (unpaired) electrons. The van der Waals surface area contributed by atoms with Crippen molar-refractivity contribution in [1.29, 1.82) is 0 Å². The molecule has 0 saturated heterocycles. The van der Waals surface area contributed by atoms with Gasteiger partial charge in [0.1, 0.15) is 5.75 Å². The Bertz CT molecular complexity index is 371. The molecule has 0 unspecified atom stereocenters. The van der Waals surface area contributed by atoms with Crippen LogP contribution in [0, 0.1) is 0 Å². The maximum absolute atomic E-state index is 10.9. The van der Waals surface area contributed by atoms with Gasteiger partial charge in [-0.3, -0.25) is 4.79 Å². The van der Waals surface area contributed by atoms with Gasteiger partial charge in [0, 0.05) is 0 Å². The van der Waals surface area contributed by atoms with Gasteiger partial charge in [0.15, 0.2) is 0 Å². The number of rotatable bonds is 1. The topological polar surface area (TPSA) is 57.5 Å². The van der Waals surface area contributed by atoms with Crippen molar-refractivity contribution in [2.75, 3.05) is 0 Å². The zero-order chi connectivity index (χ0) is 10.1. The highest BCUT2D eigenvalue weighted by atomic mass is 16.4. The number of hydrogen-bond donors (Lipinski definition) is 2. The molecule has 3 nitrogen and oxygen atoms in total. The van der Waals surface area contributed by atoms with Crippen LogP contribution in [0.5, 0.6) is 5.75 Å². The molecule has 1 aliphatic carbocycles. The minimum atomic E-state index is -0.767. The van der Waals surface area contributed by atoms with Crippen LogP contribution in [-0.2, 0) is 11.2 Å². The van der Waals surface area contributed by atoms with Crippen LogP contribution in [0.4, 0.5) is 0 Å². The lowest BCUT2D eigenvalue weighted by Gasteiger charge is -2.22. The van der Waals surface area contributed by atoms with Crippen LogP contribution in [0.2, 0.25) is 0 Å².